The number of rotatable bonds is 7. The minimum absolute atomic E-state index is 0.110. The molecule has 0 aliphatic carbocycles. The number of nitrogens with zero attached hydrogens (tertiary/aromatic N) is 1. The highest BCUT2D eigenvalue weighted by molar-refractivity contribution is 5.78. The van der Waals surface area contributed by atoms with Crippen LogP contribution in [0.1, 0.15) is 23.1 Å². The van der Waals surface area contributed by atoms with E-state index in [9.17, 15) is 14.9 Å². The molecule has 0 amide bonds. The van der Waals surface area contributed by atoms with E-state index < -0.39 is 30.0 Å². The number of methoxy groups -OCH3 is 1. The van der Waals surface area contributed by atoms with Gasteiger partial charge in [-0.05, 0) is 23.3 Å². The molecule has 0 spiro atoms. The van der Waals surface area contributed by atoms with Crippen LogP contribution in [0.4, 0.5) is 0 Å². The maximum atomic E-state index is 12.4. The van der Waals surface area contributed by atoms with Crippen molar-refractivity contribution in [2.24, 2.45) is 0 Å². The molecular weight excluding hydrogens is 364 g/mol. The Morgan fingerprint density at radius 2 is 1.82 bits per heavy atom. The minimum Gasteiger partial charge on any atom is -0.491 e. The molecule has 1 heterocycles. The summed E-state index contributed by atoms with van der Waals surface area (Å²) in [5, 5.41) is 24.0. The standard InChI is InChI=1S/C20H22N2O6/c1-27-20(24)18-16(13-7-9-15(10-8-13)28-12-11-23)19(22(25)26)17(21-18)14-5-3-2-4-6-14/h2-10,16-19,21,23H,11-12H2,1H3/t16-,17+,18+,19+/m1/s1. The van der Waals surface area contributed by atoms with Crippen molar-refractivity contribution < 1.29 is 24.3 Å². The van der Waals surface area contributed by atoms with Crippen molar-refractivity contribution in [3.05, 3.63) is 75.8 Å². The van der Waals surface area contributed by atoms with Gasteiger partial charge in [-0.2, -0.15) is 0 Å². The molecule has 0 bridgehead atoms. The van der Waals surface area contributed by atoms with Crippen LogP contribution in [0.3, 0.4) is 0 Å². The predicted octanol–water partition coefficient (Wildman–Crippen LogP) is 1.67. The lowest BCUT2D eigenvalue weighted by Gasteiger charge is -2.19. The number of carbonyl (C=O) groups excluding carboxylic acids is 1. The second-order valence-electron chi connectivity index (χ2n) is 6.50. The molecule has 2 aromatic rings. The molecule has 2 aromatic carbocycles. The van der Waals surface area contributed by atoms with Gasteiger partial charge < -0.3 is 14.6 Å². The van der Waals surface area contributed by atoms with Crippen LogP contribution in [0, 0.1) is 10.1 Å². The molecule has 8 nitrogen and oxygen atoms in total. The van der Waals surface area contributed by atoms with Crippen LogP contribution in [0.25, 0.3) is 0 Å². The molecule has 0 aromatic heterocycles. The van der Waals surface area contributed by atoms with Crippen molar-refractivity contribution in [2.75, 3.05) is 20.3 Å². The van der Waals surface area contributed by atoms with Crippen molar-refractivity contribution in [1.29, 1.82) is 0 Å². The van der Waals surface area contributed by atoms with Crippen molar-refractivity contribution in [3.63, 3.8) is 0 Å². The van der Waals surface area contributed by atoms with Gasteiger partial charge >= 0.3 is 5.97 Å². The molecule has 3 rings (SSSR count). The van der Waals surface area contributed by atoms with E-state index >= 15 is 0 Å². The number of nitrogens with one attached hydrogen (secondary N) is 1. The predicted molar refractivity (Wildman–Crippen MR) is 101 cm³/mol. The summed E-state index contributed by atoms with van der Waals surface area (Å²) >= 11 is 0. The zero-order valence-electron chi connectivity index (χ0n) is 15.4. The average Bonchev–Trinajstić information content (AvgIpc) is 3.13. The maximum Gasteiger partial charge on any atom is 0.323 e. The topological polar surface area (TPSA) is 111 Å². The highest BCUT2D eigenvalue weighted by Gasteiger charge is 2.54. The Morgan fingerprint density at radius 1 is 1.14 bits per heavy atom. The summed E-state index contributed by atoms with van der Waals surface area (Å²) in [5.41, 5.74) is 1.38. The molecule has 0 saturated carbocycles. The molecule has 0 unspecified atom stereocenters. The quantitative estimate of drug-likeness (QED) is 0.423. The second kappa shape index (κ2) is 8.81. The summed E-state index contributed by atoms with van der Waals surface area (Å²) in [7, 11) is 1.27. The molecular formula is C20H22N2O6. The summed E-state index contributed by atoms with van der Waals surface area (Å²) < 4.78 is 10.2. The van der Waals surface area contributed by atoms with Gasteiger partial charge in [0.1, 0.15) is 24.4 Å². The molecule has 2 N–H and O–H groups in total. The molecule has 8 heteroatoms. The zero-order valence-corrected chi connectivity index (χ0v) is 15.4. The SMILES string of the molecule is COC(=O)[C@H]1N[C@@H](c2ccccc2)[C@@H]([N+](=O)[O-])[C@@H]1c1ccc(OCCO)cc1. The van der Waals surface area contributed by atoms with Gasteiger partial charge in [0.2, 0.25) is 6.04 Å². The Bertz CT molecular complexity index is 811. The van der Waals surface area contributed by atoms with E-state index in [1.54, 1.807) is 36.4 Å². The Labute approximate surface area is 162 Å². The van der Waals surface area contributed by atoms with Crippen molar-refractivity contribution >= 4 is 5.97 Å². The van der Waals surface area contributed by atoms with E-state index in [0.29, 0.717) is 11.3 Å². The number of carbonyl (C=O) groups is 1. The van der Waals surface area contributed by atoms with Crippen LogP contribution >= 0.6 is 0 Å². The van der Waals surface area contributed by atoms with E-state index in [2.05, 4.69) is 5.32 Å². The van der Waals surface area contributed by atoms with Crippen LogP contribution < -0.4 is 10.1 Å². The third-order valence-corrected chi connectivity index (χ3v) is 4.91. The van der Waals surface area contributed by atoms with Gasteiger partial charge in [0.25, 0.3) is 0 Å². The third kappa shape index (κ3) is 3.97. The highest BCUT2D eigenvalue weighted by Crippen LogP contribution is 2.40. The number of hydrogen-bond acceptors (Lipinski definition) is 7. The van der Waals surface area contributed by atoms with Gasteiger partial charge in [-0.15, -0.1) is 0 Å². The first kappa shape index (κ1) is 19.8. The molecule has 1 fully saturated rings. The average molecular weight is 386 g/mol. The molecule has 1 saturated heterocycles. The van der Waals surface area contributed by atoms with Crippen LogP contribution in [0.5, 0.6) is 5.75 Å². The Balaban J connectivity index is 1.98. The van der Waals surface area contributed by atoms with Crippen LogP contribution in [-0.2, 0) is 9.53 Å². The number of esters is 1. The fourth-order valence-electron chi connectivity index (χ4n) is 3.69. The van der Waals surface area contributed by atoms with Gasteiger partial charge in [0.15, 0.2) is 0 Å². The molecule has 4 atom stereocenters. The Morgan fingerprint density at radius 3 is 2.39 bits per heavy atom. The lowest BCUT2D eigenvalue weighted by Crippen LogP contribution is -2.37. The Hall–Kier alpha value is -2.97. The van der Waals surface area contributed by atoms with Crippen LogP contribution in [0.15, 0.2) is 54.6 Å². The van der Waals surface area contributed by atoms with Crippen molar-refractivity contribution in [1.82, 2.24) is 5.32 Å². The van der Waals surface area contributed by atoms with Gasteiger partial charge in [-0.25, -0.2) is 0 Å². The molecule has 0 radical (unpaired) electrons. The summed E-state index contributed by atoms with van der Waals surface area (Å²) in [6.07, 6.45) is 0. The fraction of sp³-hybridized carbons (Fsp3) is 0.350. The van der Waals surface area contributed by atoms with Gasteiger partial charge in [0.05, 0.1) is 19.6 Å². The number of benzene rings is 2. The minimum atomic E-state index is -1.05. The second-order valence-corrected chi connectivity index (χ2v) is 6.50. The van der Waals surface area contributed by atoms with Crippen LogP contribution in [0.2, 0.25) is 0 Å². The molecule has 1 aliphatic heterocycles. The van der Waals surface area contributed by atoms with Gasteiger partial charge in [0, 0.05) is 4.92 Å². The van der Waals surface area contributed by atoms with E-state index in [1.807, 2.05) is 18.2 Å². The van der Waals surface area contributed by atoms with Crippen LogP contribution in [-0.4, -0.2) is 48.4 Å². The number of hydrogen-bond donors (Lipinski definition) is 2. The molecule has 148 valence electrons. The van der Waals surface area contributed by atoms with Gasteiger partial charge in [-0.1, -0.05) is 42.5 Å². The number of aliphatic hydroxyl groups excluding tert-OH is 1. The van der Waals surface area contributed by atoms with E-state index in [4.69, 9.17) is 14.6 Å². The number of aliphatic hydroxyl groups is 1. The van der Waals surface area contributed by atoms with Crippen molar-refractivity contribution in [3.8, 4) is 5.75 Å². The van der Waals surface area contributed by atoms with Crippen molar-refractivity contribution in [2.45, 2.75) is 24.0 Å². The maximum absolute atomic E-state index is 12.4. The fourth-order valence-corrected chi connectivity index (χ4v) is 3.69. The summed E-state index contributed by atoms with van der Waals surface area (Å²) in [6.45, 7) is 0.0452. The normalized spacial score (nSPS) is 23.9. The largest absolute Gasteiger partial charge is 0.491 e. The third-order valence-electron chi connectivity index (χ3n) is 4.91. The summed E-state index contributed by atoms with van der Waals surface area (Å²) in [4.78, 5) is 24.0. The smallest absolute Gasteiger partial charge is 0.323 e. The van der Waals surface area contributed by atoms with E-state index in [0.717, 1.165) is 5.56 Å². The van der Waals surface area contributed by atoms with Gasteiger partial charge in [-0.3, -0.25) is 20.2 Å². The number of ether oxygens (including phenoxy) is 2. The first-order chi connectivity index (χ1) is 13.6. The van der Waals surface area contributed by atoms with E-state index in [1.165, 1.54) is 7.11 Å². The van der Waals surface area contributed by atoms with E-state index in [-0.39, 0.29) is 18.1 Å². The first-order valence-electron chi connectivity index (χ1n) is 8.92. The summed E-state index contributed by atoms with van der Waals surface area (Å²) in [5.74, 6) is -0.717. The first-order valence-corrected chi connectivity index (χ1v) is 8.92. The zero-order chi connectivity index (χ0) is 20.1. The summed E-state index contributed by atoms with van der Waals surface area (Å²) in [6, 6.07) is 13.3. The Kier molecular flexibility index (Phi) is 6.23. The lowest BCUT2D eigenvalue weighted by atomic mass is 9.85. The number of nitro groups is 1. The lowest BCUT2D eigenvalue weighted by molar-refractivity contribution is -0.527. The highest BCUT2D eigenvalue weighted by atomic mass is 16.6. The molecule has 28 heavy (non-hydrogen) atoms. The molecule has 1 aliphatic rings. The monoisotopic (exact) mass is 386 g/mol.